The predicted octanol–water partition coefficient (Wildman–Crippen LogP) is 3.13. The lowest BCUT2D eigenvalue weighted by molar-refractivity contribution is 0.0626. The maximum Gasteiger partial charge on any atom is 0.0664 e. The van der Waals surface area contributed by atoms with Crippen molar-refractivity contribution in [2.24, 2.45) is 0 Å². The zero-order valence-corrected chi connectivity index (χ0v) is 11.0. The molecular formula is C12H18BrNO. The topological polar surface area (TPSA) is 21.3 Å². The molecule has 0 aliphatic rings. The molecule has 0 aliphatic heterocycles. The van der Waals surface area contributed by atoms with Gasteiger partial charge >= 0.3 is 0 Å². The number of halogens is 1. The highest BCUT2D eigenvalue weighted by molar-refractivity contribution is 9.10. The molecule has 0 saturated heterocycles. The lowest BCUT2D eigenvalue weighted by Gasteiger charge is -2.18. The second kappa shape index (κ2) is 6.26. The Morgan fingerprint density at radius 2 is 1.87 bits per heavy atom. The van der Waals surface area contributed by atoms with Gasteiger partial charge < -0.3 is 10.1 Å². The first-order valence-corrected chi connectivity index (χ1v) is 5.97. The molecule has 0 bridgehead atoms. The van der Waals surface area contributed by atoms with E-state index in [1.165, 1.54) is 5.56 Å². The van der Waals surface area contributed by atoms with Crippen LogP contribution in [0.15, 0.2) is 28.7 Å². The Bertz CT molecular complexity index is 284. The summed E-state index contributed by atoms with van der Waals surface area (Å²) >= 11 is 3.43. The van der Waals surface area contributed by atoms with E-state index in [0.29, 0.717) is 6.61 Å². The standard InChI is InChI=1S/C12H18BrNO/c1-9(2)15-8-12(14-3)10-4-6-11(13)7-5-10/h4-7,9,12,14H,8H2,1-3H3. The summed E-state index contributed by atoms with van der Waals surface area (Å²) < 4.78 is 6.71. The van der Waals surface area contributed by atoms with Gasteiger partial charge in [-0.25, -0.2) is 0 Å². The van der Waals surface area contributed by atoms with Crippen LogP contribution in [0.1, 0.15) is 25.5 Å². The third-order valence-corrected chi connectivity index (χ3v) is 2.75. The Labute approximate surface area is 100 Å². The first kappa shape index (κ1) is 12.7. The van der Waals surface area contributed by atoms with E-state index in [0.717, 1.165) is 4.47 Å². The molecule has 0 amide bonds. The second-order valence-corrected chi connectivity index (χ2v) is 4.69. The summed E-state index contributed by atoms with van der Waals surface area (Å²) in [5.74, 6) is 0. The van der Waals surface area contributed by atoms with Crippen LogP contribution in [0.4, 0.5) is 0 Å². The maximum atomic E-state index is 5.61. The summed E-state index contributed by atoms with van der Waals surface area (Å²) in [4.78, 5) is 0. The van der Waals surface area contributed by atoms with Crippen molar-refractivity contribution in [3.05, 3.63) is 34.3 Å². The normalized spacial score (nSPS) is 13.1. The van der Waals surface area contributed by atoms with E-state index in [4.69, 9.17) is 4.74 Å². The lowest BCUT2D eigenvalue weighted by Crippen LogP contribution is -2.23. The molecule has 0 aliphatic carbocycles. The molecule has 1 aromatic rings. The van der Waals surface area contributed by atoms with E-state index in [1.54, 1.807) is 0 Å². The Balaban J connectivity index is 2.61. The van der Waals surface area contributed by atoms with Crippen molar-refractivity contribution >= 4 is 15.9 Å². The minimum Gasteiger partial charge on any atom is -0.377 e. The number of rotatable bonds is 5. The highest BCUT2D eigenvalue weighted by Gasteiger charge is 2.09. The fraction of sp³-hybridized carbons (Fsp3) is 0.500. The number of nitrogens with one attached hydrogen (secondary N) is 1. The largest absolute Gasteiger partial charge is 0.377 e. The Hall–Kier alpha value is -0.380. The fourth-order valence-corrected chi connectivity index (χ4v) is 1.59. The monoisotopic (exact) mass is 271 g/mol. The molecule has 0 heterocycles. The van der Waals surface area contributed by atoms with Crippen molar-refractivity contribution in [3.8, 4) is 0 Å². The quantitative estimate of drug-likeness (QED) is 0.889. The fourth-order valence-electron chi connectivity index (χ4n) is 1.33. The van der Waals surface area contributed by atoms with Gasteiger partial charge in [0.25, 0.3) is 0 Å². The summed E-state index contributed by atoms with van der Waals surface area (Å²) in [5.41, 5.74) is 1.25. The summed E-state index contributed by atoms with van der Waals surface area (Å²) in [6, 6.07) is 8.58. The van der Waals surface area contributed by atoms with E-state index < -0.39 is 0 Å². The van der Waals surface area contributed by atoms with Crippen molar-refractivity contribution in [1.82, 2.24) is 5.32 Å². The molecule has 2 nitrogen and oxygen atoms in total. The van der Waals surface area contributed by atoms with Crippen LogP contribution >= 0.6 is 15.9 Å². The van der Waals surface area contributed by atoms with E-state index in [2.05, 4.69) is 45.5 Å². The molecule has 1 atom stereocenters. The van der Waals surface area contributed by atoms with Crippen molar-refractivity contribution in [2.75, 3.05) is 13.7 Å². The van der Waals surface area contributed by atoms with Crippen molar-refractivity contribution < 1.29 is 4.74 Å². The molecule has 0 aromatic heterocycles. The van der Waals surface area contributed by atoms with Gasteiger partial charge in [0, 0.05) is 4.47 Å². The second-order valence-electron chi connectivity index (χ2n) is 3.77. The summed E-state index contributed by atoms with van der Waals surface area (Å²) in [5, 5.41) is 3.25. The molecular weight excluding hydrogens is 254 g/mol. The lowest BCUT2D eigenvalue weighted by atomic mass is 10.1. The highest BCUT2D eigenvalue weighted by Crippen LogP contribution is 2.17. The zero-order chi connectivity index (χ0) is 11.3. The van der Waals surface area contributed by atoms with Gasteiger partial charge in [0.15, 0.2) is 0 Å². The van der Waals surface area contributed by atoms with Crippen LogP contribution in [0.5, 0.6) is 0 Å². The first-order chi connectivity index (χ1) is 7.13. The number of hydrogen-bond acceptors (Lipinski definition) is 2. The molecule has 3 heteroatoms. The van der Waals surface area contributed by atoms with Crippen LogP contribution < -0.4 is 5.32 Å². The van der Waals surface area contributed by atoms with Gasteiger partial charge in [-0.2, -0.15) is 0 Å². The van der Waals surface area contributed by atoms with Gasteiger partial charge in [-0.1, -0.05) is 28.1 Å². The summed E-state index contributed by atoms with van der Waals surface area (Å²) in [7, 11) is 1.95. The van der Waals surface area contributed by atoms with Crippen LogP contribution in [-0.4, -0.2) is 19.8 Å². The van der Waals surface area contributed by atoms with E-state index in [9.17, 15) is 0 Å². The van der Waals surface area contributed by atoms with Gasteiger partial charge in [0.2, 0.25) is 0 Å². The first-order valence-electron chi connectivity index (χ1n) is 5.18. The third-order valence-electron chi connectivity index (χ3n) is 2.22. The Morgan fingerprint density at radius 1 is 1.27 bits per heavy atom. The van der Waals surface area contributed by atoms with Crippen molar-refractivity contribution in [3.63, 3.8) is 0 Å². The molecule has 1 rings (SSSR count). The average molecular weight is 272 g/mol. The zero-order valence-electron chi connectivity index (χ0n) is 9.46. The number of benzene rings is 1. The van der Waals surface area contributed by atoms with Gasteiger partial charge in [-0.15, -0.1) is 0 Å². The van der Waals surface area contributed by atoms with Crippen LogP contribution in [0.25, 0.3) is 0 Å². The SMILES string of the molecule is CNC(COC(C)C)c1ccc(Br)cc1. The van der Waals surface area contributed by atoms with E-state index >= 15 is 0 Å². The average Bonchev–Trinajstić information content (AvgIpc) is 2.21. The molecule has 0 fully saturated rings. The number of likely N-dealkylation sites (N-methyl/N-ethyl adjacent to an activating group) is 1. The third kappa shape index (κ3) is 4.33. The minimum atomic E-state index is 0.264. The number of ether oxygens (including phenoxy) is 1. The molecule has 15 heavy (non-hydrogen) atoms. The van der Waals surface area contributed by atoms with Crippen LogP contribution in [0, 0.1) is 0 Å². The van der Waals surface area contributed by atoms with Gasteiger partial charge in [0.1, 0.15) is 0 Å². The van der Waals surface area contributed by atoms with Crippen molar-refractivity contribution in [2.45, 2.75) is 26.0 Å². The van der Waals surface area contributed by atoms with Gasteiger partial charge in [-0.05, 0) is 38.6 Å². The molecule has 84 valence electrons. The van der Waals surface area contributed by atoms with Gasteiger partial charge in [0.05, 0.1) is 18.8 Å². The smallest absolute Gasteiger partial charge is 0.0664 e. The molecule has 0 spiro atoms. The Morgan fingerprint density at radius 3 is 2.33 bits per heavy atom. The summed E-state index contributed by atoms with van der Waals surface area (Å²) in [6.07, 6.45) is 0.274. The predicted molar refractivity (Wildman–Crippen MR) is 67.0 cm³/mol. The molecule has 1 N–H and O–H groups in total. The maximum absolute atomic E-state index is 5.61. The molecule has 1 aromatic carbocycles. The van der Waals surface area contributed by atoms with Crippen LogP contribution in [-0.2, 0) is 4.74 Å². The van der Waals surface area contributed by atoms with E-state index in [-0.39, 0.29) is 12.1 Å². The van der Waals surface area contributed by atoms with Crippen LogP contribution in [0.2, 0.25) is 0 Å². The van der Waals surface area contributed by atoms with Crippen LogP contribution in [0.3, 0.4) is 0 Å². The van der Waals surface area contributed by atoms with Crippen molar-refractivity contribution in [1.29, 1.82) is 0 Å². The van der Waals surface area contributed by atoms with Gasteiger partial charge in [-0.3, -0.25) is 0 Å². The molecule has 0 radical (unpaired) electrons. The minimum absolute atomic E-state index is 0.264. The van der Waals surface area contributed by atoms with E-state index in [1.807, 2.05) is 20.9 Å². The number of hydrogen-bond donors (Lipinski definition) is 1. The Kier molecular flexibility index (Phi) is 5.29. The highest BCUT2D eigenvalue weighted by atomic mass is 79.9. The summed E-state index contributed by atoms with van der Waals surface area (Å²) in [6.45, 7) is 4.80. The molecule has 1 unspecified atom stereocenters. The molecule has 0 saturated carbocycles.